The van der Waals surface area contributed by atoms with Gasteiger partial charge in [-0.25, -0.2) is 4.98 Å². The van der Waals surface area contributed by atoms with Gasteiger partial charge >= 0.3 is 0 Å². The Kier molecular flexibility index (Phi) is 4.49. The number of hydrogen-bond donors (Lipinski definition) is 3. The van der Waals surface area contributed by atoms with E-state index in [9.17, 15) is 4.79 Å². The zero-order valence-electron chi connectivity index (χ0n) is 9.95. The maximum atomic E-state index is 11.7. The standard InChI is InChI=1S/C11H19N3O2/c1-4-10-12-5-9(14-10)11(16)13-8(3)7(2)6-15/h5,7-8,15H,4,6H2,1-3H3,(H,12,14)(H,13,16). The Hall–Kier alpha value is -1.36. The number of H-pyrrole nitrogens is 1. The van der Waals surface area contributed by atoms with Crippen molar-refractivity contribution < 1.29 is 9.90 Å². The number of aryl methyl sites for hydroxylation is 1. The van der Waals surface area contributed by atoms with Crippen LogP contribution in [0.2, 0.25) is 0 Å². The second kappa shape index (κ2) is 5.65. The quantitative estimate of drug-likeness (QED) is 0.691. The second-order valence-electron chi connectivity index (χ2n) is 4.02. The van der Waals surface area contributed by atoms with E-state index >= 15 is 0 Å². The van der Waals surface area contributed by atoms with Crippen LogP contribution in [-0.4, -0.2) is 33.6 Å². The summed E-state index contributed by atoms with van der Waals surface area (Å²) in [5.41, 5.74) is 0.467. The molecule has 0 bridgehead atoms. The Labute approximate surface area is 95.3 Å². The highest BCUT2D eigenvalue weighted by Gasteiger charge is 2.16. The van der Waals surface area contributed by atoms with E-state index in [0.717, 1.165) is 12.2 Å². The summed E-state index contributed by atoms with van der Waals surface area (Å²) >= 11 is 0. The summed E-state index contributed by atoms with van der Waals surface area (Å²) in [6.07, 6.45) is 2.31. The Bertz CT molecular complexity index is 349. The summed E-state index contributed by atoms with van der Waals surface area (Å²) in [4.78, 5) is 18.7. The number of rotatable bonds is 5. The number of aliphatic hydroxyl groups excluding tert-OH is 1. The molecular weight excluding hydrogens is 206 g/mol. The van der Waals surface area contributed by atoms with Gasteiger partial charge in [0.25, 0.3) is 5.91 Å². The summed E-state index contributed by atoms with van der Waals surface area (Å²) in [5, 5.41) is 11.8. The summed E-state index contributed by atoms with van der Waals surface area (Å²) in [6, 6.07) is -0.0640. The molecule has 0 aliphatic heterocycles. The molecule has 0 aliphatic rings. The normalized spacial score (nSPS) is 14.5. The van der Waals surface area contributed by atoms with Crippen molar-refractivity contribution in [3.63, 3.8) is 0 Å². The minimum atomic E-state index is -0.181. The minimum Gasteiger partial charge on any atom is -0.396 e. The molecule has 0 aromatic carbocycles. The van der Waals surface area contributed by atoms with Crippen molar-refractivity contribution in [1.29, 1.82) is 0 Å². The Balaban J connectivity index is 2.58. The molecule has 0 saturated heterocycles. The number of aromatic amines is 1. The van der Waals surface area contributed by atoms with Crippen molar-refractivity contribution in [1.82, 2.24) is 15.3 Å². The van der Waals surface area contributed by atoms with Crippen LogP contribution in [0.1, 0.15) is 37.1 Å². The number of nitrogens with zero attached hydrogens (tertiary/aromatic N) is 1. The van der Waals surface area contributed by atoms with Gasteiger partial charge in [0.15, 0.2) is 0 Å². The summed E-state index contributed by atoms with van der Waals surface area (Å²) in [7, 11) is 0. The van der Waals surface area contributed by atoms with E-state index < -0.39 is 0 Å². The van der Waals surface area contributed by atoms with Crippen molar-refractivity contribution in [2.24, 2.45) is 5.92 Å². The molecular formula is C11H19N3O2. The van der Waals surface area contributed by atoms with Gasteiger partial charge in [-0.3, -0.25) is 4.79 Å². The first-order valence-electron chi connectivity index (χ1n) is 5.54. The first-order valence-corrected chi connectivity index (χ1v) is 5.54. The molecule has 1 rings (SSSR count). The highest BCUT2D eigenvalue weighted by atomic mass is 16.3. The smallest absolute Gasteiger partial charge is 0.269 e. The molecule has 0 aliphatic carbocycles. The maximum Gasteiger partial charge on any atom is 0.269 e. The number of aromatic nitrogens is 2. The maximum absolute atomic E-state index is 11.7. The van der Waals surface area contributed by atoms with Gasteiger partial charge in [-0.2, -0.15) is 0 Å². The predicted octanol–water partition coefficient (Wildman–Crippen LogP) is 0.719. The first-order chi connectivity index (χ1) is 7.58. The van der Waals surface area contributed by atoms with Crippen molar-refractivity contribution in [3.8, 4) is 0 Å². The highest BCUT2D eigenvalue weighted by molar-refractivity contribution is 5.92. The van der Waals surface area contributed by atoms with E-state index in [1.807, 2.05) is 20.8 Å². The van der Waals surface area contributed by atoms with Gasteiger partial charge in [-0.1, -0.05) is 13.8 Å². The fourth-order valence-electron chi connectivity index (χ4n) is 1.24. The third kappa shape index (κ3) is 3.06. The zero-order chi connectivity index (χ0) is 12.1. The van der Waals surface area contributed by atoms with Gasteiger partial charge < -0.3 is 15.4 Å². The number of carbonyl (C=O) groups is 1. The fourth-order valence-corrected chi connectivity index (χ4v) is 1.24. The third-order valence-electron chi connectivity index (χ3n) is 2.71. The topological polar surface area (TPSA) is 78.0 Å². The zero-order valence-corrected chi connectivity index (χ0v) is 9.95. The lowest BCUT2D eigenvalue weighted by molar-refractivity contribution is 0.0911. The highest BCUT2D eigenvalue weighted by Crippen LogP contribution is 2.03. The van der Waals surface area contributed by atoms with Crippen LogP contribution < -0.4 is 5.32 Å². The van der Waals surface area contributed by atoms with Crippen LogP contribution in [0, 0.1) is 5.92 Å². The molecule has 0 fully saturated rings. The van der Waals surface area contributed by atoms with Gasteiger partial charge in [0.2, 0.25) is 0 Å². The van der Waals surface area contributed by atoms with E-state index in [2.05, 4.69) is 15.3 Å². The first kappa shape index (κ1) is 12.7. The average Bonchev–Trinajstić information content (AvgIpc) is 2.76. The van der Waals surface area contributed by atoms with Crippen LogP contribution in [0.4, 0.5) is 0 Å². The Morgan fingerprint density at radius 3 is 2.81 bits per heavy atom. The molecule has 0 spiro atoms. The number of imidazole rings is 1. The van der Waals surface area contributed by atoms with Crippen LogP contribution in [0.5, 0.6) is 0 Å². The van der Waals surface area contributed by atoms with Crippen LogP contribution in [-0.2, 0) is 6.42 Å². The molecule has 2 atom stereocenters. The number of amides is 1. The molecule has 1 aromatic heterocycles. The summed E-state index contributed by atoms with van der Waals surface area (Å²) < 4.78 is 0. The van der Waals surface area contributed by atoms with Crippen LogP contribution in [0.3, 0.4) is 0 Å². The SMILES string of the molecule is CCc1ncc(C(=O)NC(C)C(C)CO)[nH]1. The molecule has 1 aromatic rings. The molecule has 0 saturated carbocycles. The number of nitrogens with one attached hydrogen (secondary N) is 2. The lowest BCUT2D eigenvalue weighted by Gasteiger charge is -2.18. The van der Waals surface area contributed by atoms with Crippen molar-refractivity contribution in [3.05, 3.63) is 17.7 Å². The number of carbonyl (C=O) groups excluding carboxylic acids is 1. The average molecular weight is 225 g/mol. The molecule has 1 heterocycles. The van der Waals surface area contributed by atoms with Crippen molar-refractivity contribution in [2.75, 3.05) is 6.61 Å². The summed E-state index contributed by atoms with van der Waals surface area (Å²) in [6.45, 7) is 5.78. The molecule has 16 heavy (non-hydrogen) atoms. The van der Waals surface area contributed by atoms with Gasteiger partial charge in [-0.05, 0) is 12.8 Å². The van der Waals surface area contributed by atoms with Crippen LogP contribution in [0.25, 0.3) is 0 Å². The van der Waals surface area contributed by atoms with E-state index in [4.69, 9.17) is 5.11 Å². The lowest BCUT2D eigenvalue weighted by Crippen LogP contribution is -2.38. The fraction of sp³-hybridized carbons (Fsp3) is 0.636. The van der Waals surface area contributed by atoms with Crippen molar-refractivity contribution in [2.45, 2.75) is 33.2 Å². The number of aliphatic hydroxyl groups is 1. The van der Waals surface area contributed by atoms with E-state index in [1.54, 1.807) is 0 Å². The Morgan fingerprint density at radius 2 is 2.31 bits per heavy atom. The lowest BCUT2D eigenvalue weighted by atomic mass is 10.1. The molecule has 5 nitrogen and oxygen atoms in total. The number of hydrogen-bond acceptors (Lipinski definition) is 3. The minimum absolute atomic E-state index is 0.0394. The predicted molar refractivity (Wildman–Crippen MR) is 61.1 cm³/mol. The van der Waals surface area contributed by atoms with Crippen LogP contribution in [0.15, 0.2) is 6.20 Å². The van der Waals surface area contributed by atoms with Crippen LogP contribution >= 0.6 is 0 Å². The monoisotopic (exact) mass is 225 g/mol. The van der Waals surface area contributed by atoms with E-state index in [1.165, 1.54) is 6.20 Å². The van der Waals surface area contributed by atoms with Gasteiger partial charge in [0.05, 0.1) is 6.20 Å². The van der Waals surface area contributed by atoms with Crippen molar-refractivity contribution >= 4 is 5.91 Å². The molecule has 2 unspecified atom stereocenters. The second-order valence-corrected chi connectivity index (χ2v) is 4.02. The van der Waals surface area contributed by atoms with E-state index in [-0.39, 0.29) is 24.5 Å². The largest absolute Gasteiger partial charge is 0.396 e. The molecule has 1 amide bonds. The van der Waals surface area contributed by atoms with Gasteiger partial charge in [0, 0.05) is 19.1 Å². The molecule has 0 radical (unpaired) electrons. The summed E-state index contributed by atoms with van der Waals surface area (Å²) in [5.74, 6) is 0.658. The molecule has 5 heteroatoms. The molecule has 90 valence electrons. The van der Waals surface area contributed by atoms with Gasteiger partial charge in [0.1, 0.15) is 11.5 Å². The Morgan fingerprint density at radius 1 is 1.62 bits per heavy atom. The third-order valence-corrected chi connectivity index (χ3v) is 2.71. The van der Waals surface area contributed by atoms with E-state index in [0.29, 0.717) is 5.69 Å². The molecule has 3 N–H and O–H groups in total. The van der Waals surface area contributed by atoms with Gasteiger partial charge in [-0.15, -0.1) is 0 Å².